The summed E-state index contributed by atoms with van der Waals surface area (Å²) in [5, 5.41) is 6.39. The van der Waals surface area contributed by atoms with Gasteiger partial charge in [-0.2, -0.15) is 0 Å². The number of hydrogen-bond acceptors (Lipinski definition) is 5. The van der Waals surface area contributed by atoms with E-state index in [1.807, 2.05) is 27.7 Å². The lowest BCUT2D eigenvalue weighted by Gasteiger charge is -2.23. The highest BCUT2D eigenvalue weighted by molar-refractivity contribution is 14.1. The van der Waals surface area contributed by atoms with E-state index in [2.05, 4.69) is 43.2 Å². The monoisotopic (exact) mass is 426 g/mol. The maximum Gasteiger partial charge on any atom is 0.407 e. The Morgan fingerprint density at radius 2 is 2.14 bits per heavy atom. The lowest BCUT2D eigenvalue weighted by molar-refractivity contribution is 0.0506. The number of ether oxygens (including phenoxy) is 1. The number of hydrogen-bond donors (Lipinski definition) is 2. The summed E-state index contributed by atoms with van der Waals surface area (Å²) in [6, 6.07) is -0.0654. The standard InChI is InChI=1S/C13H20ClIN4O2/c1-5-8(19-12(20)21-13(2,3)4)6-16-11-9(15)10(14)17-7-18-11/h7-8H,5-6H2,1-4H3,(H,19,20)(H,16,17,18). The van der Waals surface area contributed by atoms with Gasteiger partial charge >= 0.3 is 6.09 Å². The largest absolute Gasteiger partial charge is 0.444 e. The summed E-state index contributed by atoms with van der Waals surface area (Å²) >= 11 is 8.01. The maximum absolute atomic E-state index is 11.8. The second-order valence-electron chi connectivity index (χ2n) is 5.46. The van der Waals surface area contributed by atoms with Gasteiger partial charge in [-0.3, -0.25) is 0 Å². The van der Waals surface area contributed by atoms with Crippen LogP contribution >= 0.6 is 34.2 Å². The minimum Gasteiger partial charge on any atom is -0.444 e. The fourth-order valence-corrected chi connectivity index (χ4v) is 2.07. The first-order chi connectivity index (χ1) is 9.73. The molecular formula is C13H20ClIN4O2. The van der Waals surface area contributed by atoms with E-state index in [-0.39, 0.29) is 6.04 Å². The van der Waals surface area contributed by atoms with Crippen LogP contribution in [0, 0.1) is 3.57 Å². The Morgan fingerprint density at radius 3 is 2.71 bits per heavy atom. The van der Waals surface area contributed by atoms with Gasteiger partial charge < -0.3 is 15.4 Å². The van der Waals surface area contributed by atoms with Crippen molar-refractivity contribution >= 4 is 46.1 Å². The summed E-state index contributed by atoms with van der Waals surface area (Å²) in [5.74, 6) is 0.653. The van der Waals surface area contributed by atoms with Crippen LogP contribution in [0.1, 0.15) is 34.1 Å². The Balaban J connectivity index is 2.55. The summed E-state index contributed by atoms with van der Waals surface area (Å²) < 4.78 is 5.99. The van der Waals surface area contributed by atoms with Crippen LogP contribution in [-0.4, -0.2) is 34.2 Å². The number of anilines is 1. The Labute approximate surface area is 143 Å². The zero-order chi connectivity index (χ0) is 16.0. The Hall–Kier alpha value is -0.830. The number of amides is 1. The number of aromatic nitrogens is 2. The molecule has 0 aliphatic rings. The Morgan fingerprint density at radius 1 is 1.48 bits per heavy atom. The van der Waals surface area contributed by atoms with E-state index in [1.54, 1.807) is 0 Å². The smallest absolute Gasteiger partial charge is 0.407 e. The van der Waals surface area contributed by atoms with Gasteiger partial charge in [0.25, 0.3) is 0 Å². The van der Waals surface area contributed by atoms with Gasteiger partial charge in [-0.25, -0.2) is 14.8 Å². The van der Waals surface area contributed by atoms with Gasteiger partial charge in [0.05, 0.1) is 3.57 Å². The van der Waals surface area contributed by atoms with Crippen LogP contribution in [0.5, 0.6) is 0 Å². The van der Waals surface area contributed by atoms with Crippen molar-refractivity contribution < 1.29 is 9.53 Å². The molecule has 1 heterocycles. The number of nitrogens with one attached hydrogen (secondary N) is 2. The fraction of sp³-hybridized carbons (Fsp3) is 0.615. The molecule has 1 aromatic rings. The van der Waals surface area contributed by atoms with E-state index < -0.39 is 11.7 Å². The Bertz CT molecular complexity index is 494. The van der Waals surface area contributed by atoms with Crippen molar-refractivity contribution in [3.63, 3.8) is 0 Å². The molecule has 0 spiro atoms. The molecule has 1 aromatic heterocycles. The van der Waals surface area contributed by atoms with Crippen molar-refractivity contribution in [2.45, 2.75) is 45.8 Å². The quantitative estimate of drug-likeness (QED) is 0.557. The van der Waals surface area contributed by atoms with Gasteiger partial charge in [-0.05, 0) is 49.8 Å². The number of alkyl carbamates (subject to hydrolysis) is 1. The minimum absolute atomic E-state index is 0.0654. The molecule has 118 valence electrons. The van der Waals surface area contributed by atoms with Gasteiger partial charge in [0.1, 0.15) is 22.9 Å². The lowest BCUT2D eigenvalue weighted by Crippen LogP contribution is -2.42. The number of nitrogens with zero attached hydrogens (tertiary/aromatic N) is 2. The van der Waals surface area contributed by atoms with Gasteiger partial charge in [-0.1, -0.05) is 18.5 Å². The summed E-state index contributed by atoms with van der Waals surface area (Å²) in [6.45, 7) is 8.01. The second-order valence-corrected chi connectivity index (χ2v) is 6.90. The van der Waals surface area contributed by atoms with E-state index in [9.17, 15) is 4.79 Å². The van der Waals surface area contributed by atoms with E-state index >= 15 is 0 Å². The summed E-state index contributed by atoms with van der Waals surface area (Å²) in [4.78, 5) is 19.8. The number of carbonyl (C=O) groups is 1. The molecule has 0 bridgehead atoms. The predicted molar refractivity (Wildman–Crippen MR) is 91.7 cm³/mol. The van der Waals surface area contributed by atoms with E-state index in [0.29, 0.717) is 17.5 Å². The highest BCUT2D eigenvalue weighted by Crippen LogP contribution is 2.21. The van der Waals surface area contributed by atoms with Gasteiger partial charge in [0.15, 0.2) is 0 Å². The third kappa shape index (κ3) is 6.64. The maximum atomic E-state index is 11.8. The average Bonchev–Trinajstić information content (AvgIpc) is 2.36. The minimum atomic E-state index is -0.509. The highest BCUT2D eigenvalue weighted by atomic mass is 127. The Kier molecular flexibility index (Phi) is 6.92. The first-order valence-corrected chi connectivity index (χ1v) is 8.08. The zero-order valence-electron chi connectivity index (χ0n) is 12.5. The molecule has 0 fully saturated rings. The van der Waals surface area contributed by atoms with Crippen LogP contribution in [0.25, 0.3) is 0 Å². The van der Waals surface area contributed by atoms with E-state index in [4.69, 9.17) is 16.3 Å². The average molecular weight is 427 g/mol. The molecule has 8 heteroatoms. The number of halogens is 2. The van der Waals surface area contributed by atoms with Gasteiger partial charge in [-0.15, -0.1) is 0 Å². The summed E-state index contributed by atoms with van der Waals surface area (Å²) in [7, 11) is 0. The van der Waals surface area contributed by atoms with Crippen LogP contribution in [0.15, 0.2) is 6.33 Å². The van der Waals surface area contributed by atoms with Gasteiger partial charge in [0, 0.05) is 12.6 Å². The van der Waals surface area contributed by atoms with Crippen molar-refractivity contribution in [2.75, 3.05) is 11.9 Å². The van der Waals surface area contributed by atoms with Crippen molar-refractivity contribution in [1.82, 2.24) is 15.3 Å². The molecule has 21 heavy (non-hydrogen) atoms. The SMILES string of the molecule is CCC(CNc1ncnc(Cl)c1I)NC(=O)OC(C)(C)C. The van der Waals surface area contributed by atoms with Gasteiger partial charge in [0.2, 0.25) is 0 Å². The topological polar surface area (TPSA) is 76.1 Å². The first-order valence-electron chi connectivity index (χ1n) is 6.62. The van der Waals surface area contributed by atoms with Crippen molar-refractivity contribution in [3.8, 4) is 0 Å². The normalized spacial score (nSPS) is 12.7. The molecule has 2 N–H and O–H groups in total. The van der Waals surface area contributed by atoms with Crippen LogP contribution in [-0.2, 0) is 4.74 Å². The van der Waals surface area contributed by atoms with Crippen LogP contribution in [0.4, 0.5) is 10.6 Å². The molecule has 0 aliphatic heterocycles. The molecular weight excluding hydrogens is 407 g/mol. The zero-order valence-corrected chi connectivity index (χ0v) is 15.4. The van der Waals surface area contributed by atoms with Crippen molar-refractivity contribution in [1.29, 1.82) is 0 Å². The molecule has 0 saturated carbocycles. The van der Waals surface area contributed by atoms with Crippen LogP contribution < -0.4 is 10.6 Å². The first kappa shape index (κ1) is 18.2. The third-order valence-electron chi connectivity index (χ3n) is 2.48. The molecule has 6 nitrogen and oxygen atoms in total. The third-order valence-corrected chi connectivity index (χ3v) is 4.10. The summed E-state index contributed by atoms with van der Waals surface area (Å²) in [5.41, 5.74) is -0.509. The molecule has 0 saturated heterocycles. The summed E-state index contributed by atoms with van der Waals surface area (Å²) in [6.07, 6.45) is 1.74. The lowest BCUT2D eigenvalue weighted by atomic mass is 10.2. The van der Waals surface area contributed by atoms with Crippen molar-refractivity contribution in [3.05, 3.63) is 15.1 Å². The number of rotatable bonds is 5. The molecule has 1 atom stereocenters. The fourth-order valence-electron chi connectivity index (χ4n) is 1.46. The van der Waals surface area contributed by atoms with Crippen molar-refractivity contribution in [2.24, 2.45) is 0 Å². The highest BCUT2D eigenvalue weighted by Gasteiger charge is 2.19. The van der Waals surface area contributed by atoms with Crippen LogP contribution in [0.3, 0.4) is 0 Å². The molecule has 1 amide bonds. The predicted octanol–water partition coefficient (Wildman–Crippen LogP) is 3.45. The van der Waals surface area contributed by atoms with Crippen LogP contribution in [0.2, 0.25) is 5.15 Å². The number of carbonyl (C=O) groups excluding carboxylic acids is 1. The molecule has 1 unspecified atom stereocenters. The van der Waals surface area contributed by atoms with E-state index in [1.165, 1.54) is 6.33 Å². The molecule has 1 rings (SSSR count). The van der Waals surface area contributed by atoms with E-state index in [0.717, 1.165) is 9.99 Å². The molecule has 0 aromatic carbocycles. The molecule has 0 aliphatic carbocycles. The second kappa shape index (κ2) is 7.98. The molecule has 0 radical (unpaired) electrons.